The molecule has 9 nitrogen and oxygen atoms in total. The summed E-state index contributed by atoms with van der Waals surface area (Å²) in [7, 11) is 0. The van der Waals surface area contributed by atoms with Gasteiger partial charge in [0.25, 0.3) is 5.91 Å². The van der Waals surface area contributed by atoms with Crippen molar-refractivity contribution in [3.63, 3.8) is 0 Å². The molecule has 3 atom stereocenters. The largest absolute Gasteiger partial charge is 0.383 e. The number of hydrogen-bond donors (Lipinski definition) is 4. The lowest BCUT2D eigenvalue weighted by Gasteiger charge is -2.39. The van der Waals surface area contributed by atoms with Crippen LogP contribution in [0.1, 0.15) is 88.2 Å². The summed E-state index contributed by atoms with van der Waals surface area (Å²) in [5.74, 6) is 1.63. The van der Waals surface area contributed by atoms with Gasteiger partial charge >= 0.3 is 0 Å². The minimum Gasteiger partial charge on any atom is -0.383 e. The van der Waals surface area contributed by atoms with Crippen LogP contribution in [0.2, 0.25) is 0 Å². The van der Waals surface area contributed by atoms with Crippen molar-refractivity contribution in [2.45, 2.75) is 89.6 Å². The van der Waals surface area contributed by atoms with E-state index in [0.29, 0.717) is 18.2 Å². The van der Waals surface area contributed by atoms with Crippen LogP contribution in [0.3, 0.4) is 0 Å². The van der Waals surface area contributed by atoms with Crippen LogP contribution in [0.4, 0.5) is 5.82 Å². The lowest BCUT2D eigenvalue weighted by atomic mass is 9.85. The van der Waals surface area contributed by atoms with Gasteiger partial charge in [-0.3, -0.25) is 10.2 Å². The Bertz CT molecular complexity index is 882. The Morgan fingerprint density at radius 2 is 1.91 bits per heavy atom. The first kappa shape index (κ1) is 23.8. The number of anilines is 1. The van der Waals surface area contributed by atoms with E-state index in [1.807, 2.05) is 4.90 Å². The Labute approximate surface area is 190 Å². The standard InChI is InChI=1S/C23H36N8O/c1-4-18-19(29-22(30-20(18)26)14(7-8-24)9-13(2)3)15-10-16-5-6-17(11-15)31(16)23(32)21(27)28-12-25/h8,12-17,24H,4-7,9-11H2,1-3H3,(H3,25,27,28)(H2,26,29,30). The van der Waals surface area contributed by atoms with Gasteiger partial charge in [-0.2, -0.15) is 0 Å². The lowest BCUT2D eigenvalue weighted by molar-refractivity contribution is -0.128. The van der Waals surface area contributed by atoms with E-state index in [1.54, 1.807) is 0 Å². The monoisotopic (exact) mass is 440 g/mol. The summed E-state index contributed by atoms with van der Waals surface area (Å²) in [6, 6.07) is 0.172. The highest BCUT2D eigenvalue weighted by Crippen LogP contribution is 2.44. The van der Waals surface area contributed by atoms with Gasteiger partial charge in [-0.15, -0.1) is 0 Å². The second-order valence-corrected chi connectivity index (χ2v) is 9.36. The van der Waals surface area contributed by atoms with Gasteiger partial charge in [0.05, 0.1) is 5.69 Å². The number of nitrogen functional groups attached to an aromatic ring is 1. The smallest absolute Gasteiger partial charge is 0.289 e. The first-order valence-corrected chi connectivity index (χ1v) is 11.6. The third kappa shape index (κ3) is 4.81. The van der Waals surface area contributed by atoms with E-state index in [9.17, 15) is 4.79 Å². The van der Waals surface area contributed by atoms with E-state index >= 15 is 0 Å². The SMILES string of the molecule is CCc1c(N)nc(C(CC=N)CC(C)C)nc1C1CC2CCC(C1)N2C(=O)C(N)=NC=N. The summed E-state index contributed by atoms with van der Waals surface area (Å²) in [5.41, 5.74) is 14.2. The van der Waals surface area contributed by atoms with Crippen LogP contribution in [-0.4, -0.2) is 51.2 Å². The number of hydrogen-bond acceptors (Lipinski definition) is 6. The van der Waals surface area contributed by atoms with Crippen molar-refractivity contribution >= 4 is 30.1 Å². The molecule has 0 aromatic carbocycles. The molecule has 9 heteroatoms. The van der Waals surface area contributed by atoms with Crippen molar-refractivity contribution in [2.75, 3.05) is 5.73 Å². The molecule has 2 aliphatic rings. The van der Waals surface area contributed by atoms with E-state index in [0.717, 1.165) is 61.9 Å². The Morgan fingerprint density at radius 1 is 1.25 bits per heavy atom. The number of carbonyl (C=O) groups is 1. The maximum Gasteiger partial charge on any atom is 0.289 e. The topological polar surface area (TPSA) is 158 Å². The minimum absolute atomic E-state index is 0.0787. The maximum absolute atomic E-state index is 12.8. The highest BCUT2D eigenvalue weighted by molar-refractivity contribution is 6.38. The van der Waals surface area contributed by atoms with Gasteiger partial charge in [-0.1, -0.05) is 20.8 Å². The molecule has 174 valence electrons. The second kappa shape index (κ2) is 10.2. The molecule has 32 heavy (non-hydrogen) atoms. The zero-order chi connectivity index (χ0) is 23.4. The van der Waals surface area contributed by atoms with Crippen molar-refractivity contribution in [1.29, 1.82) is 10.8 Å². The van der Waals surface area contributed by atoms with Crippen LogP contribution in [-0.2, 0) is 11.2 Å². The predicted octanol–water partition coefficient (Wildman–Crippen LogP) is 2.99. The third-order valence-electron chi connectivity index (χ3n) is 6.74. The number of amides is 1. The second-order valence-electron chi connectivity index (χ2n) is 9.36. The predicted molar refractivity (Wildman–Crippen MR) is 127 cm³/mol. The highest BCUT2D eigenvalue weighted by Gasteiger charge is 2.45. The molecular formula is C23H36N8O. The average molecular weight is 441 g/mol. The molecule has 1 amide bonds. The summed E-state index contributed by atoms with van der Waals surface area (Å²) in [5, 5.41) is 14.7. The fourth-order valence-corrected chi connectivity index (χ4v) is 5.43. The Morgan fingerprint density at radius 3 is 2.44 bits per heavy atom. The van der Waals surface area contributed by atoms with Gasteiger partial charge in [-0.05, 0) is 57.1 Å². The van der Waals surface area contributed by atoms with E-state index in [1.165, 1.54) is 6.21 Å². The summed E-state index contributed by atoms with van der Waals surface area (Å²) >= 11 is 0. The zero-order valence-electron chi connectivity index (χ0n) is 19.3. The molecule has 0 saturated carbocycles. The van der Waals surface area contributed by atoms with Gasteiger partial charge in [0.2, 0.25) is 0 Å². The third-order valence-corrected chi connectivity index (χ3v) is 6.74. The summed E-state index contributed by atoms with van der Waals surface area (Å²) in [6.45, 7) is 6.41. The van der Waals surface area contributed by atoms with Crippen LogP contribution in [0.15, 0.2) is 4.99 Å². The summed E-state index contributed by atoms with van der Waals surface area (Å²) in [6.07, 6.45) is 7.99. The molecule has 1 aromatic heterocycles. The van der Waals surface area contributed by atoms with Crippen LogP contribution in [0.5, 0.6) is 0 Å². The number of carbonyl (C=O) groups excluding carboxylic acids is 1. The average Bonchev–Trinajstić information content (AvgIpc) is 3.01. The van der Waals surface area contributed by atoms with Gasteiger partial charge in [-0.25, -0.2) is 15.0 Å². The maximum atomic E-state index is 12.8. The van der Waals surface area contributed by atoms with Crippen LogP contribution < -0.4 is 11.5 Å². The number of nitrogens with two attached hydrogens (primary N) is 2. The van der Waals surface area contributed by atoms with Crippen molar-refractivity contribution in [3.05, 3.63) is 17.1 Å². The fourth-order valence-electron chi connectivity index (χ4n) is 5.43. The van der Waals surface area contributed by atoms with Crippen molar-refractivity contribution < 1.29 is 4.79 Å². The van der Waals surface area contributed by atoms with Crippen molar-refractivity contribution in [3.8, 4) is 0 Å². The Balaban J connectivity index is 1.92. The van der Waals surface area contributed by atoms with E-state index in [2.05, 4.69) is 30.7 Å². The quantitative estimate of drug-likeness (QED) is 0.361. The number of nitrogens with zero attached hydrogens (tertiary/aromatic N) is 4. The van der Waals surface area contributed by atoms with Crippen molar-refractivity contribution in [1.82, 2.24) is 14.9 Å². The normalized spacial score (nSPS) is 23.9. The molecule has 1 aromatic rings. The zero-order valence-corrected chi connectivity index (χ0v) is 19.3. The summed E-state index contributed by atoms with van der Waals surface area (Å²) in [4.78, 5) is 28.0. The number of rotatable bonds is 8. The molecule has 3 heterocycles. The first-order chi connectivity index (χ1) is 15.3. The van der Waals surface area contributed by atoms with Gasteiger partial charge in [0.15, 0.2) is 5.84 Å². The molecule has 2 fully saturated rings. The van der Waals surface area contributed by atoms with E-state index in [4.69, 9.17) is 27.3 Å². The lowest BCUT2D eigenvalue weighted by Crippen LogP contribution is -2.50. The molecule has 0 radical (unpaired) electrons. The van der Waals surface area contributed by atoms with Crippen LogP contribution in [0.25, 0.3) is 0 Å². The number of nitrogens with one attached hydrogen (secondary N) is 2. The molecular weight excluding hydrogens is 404 g/mol. The molecule has 0 spiro atoms. The van der Waals surface area contributed by atoms with E-state index < -0.39 is 0 Å². The Hall–Kier alpha value is -2.84. The van der Waals surface area contributed by atoms with Crippen molar-refractivity contribution in [2.24, 2.45) is 16.6 Å². The molecule has 3 rings (SSSR count). The molecule has 2 bridgehead atoms. The van der Waals surface area contributed by atoms with Crippen LogP contribution >= 0.6 is 0 Å². The highest BCUT2D eigenvalue weighted by atomic mass is 16.2. The molecule has 6 N–H and O–H groups in total. The number of amidine groups is 1. The van der Waals surface area contributed by atoms with E-state index in [-0.39, 0.29) is 35.7 Å². The summed E-state index contributed by atoms with van der Waals surface area (Å²) < 4.78 is 0. The first-order valence-electron chi connectivity index (χ1n) is 11.6. The number of fused-ring (bicyclic) bond motifs is 2. The Kier molecular flexibility index (Phi) is 7.58. The minimum atomic E-state index is -0.277. The number of aliphatic imine (C=N–C) groups is 1. The van der Waals surface area contributed by atoms with Gasteiger partial charge in [0, 0.05) is 29.5 Å². The van der Waals surface area contributed by atoms with Crippen LogP contribution in [0, 0.1) is 16.7 Å². The van der Waals surface area contributed by atoms with Gasteiger partial charge < -0.3 is 21.8 Å². The molecule has 0 aliphatic carbocycles. The molecule has 2 saturated heterocycles. The van der Waals surface area contributed by atoms with Gasteiger partial charge in [0.1, 0.15) is 18.0 Å². The number of piperidine rings is 1. The fraction of sp³-hybridized carbons (Fsp3) is 0.652. The molecule has 3 unspecified atom stereocenters. The number of aromatic nitrogens is 2. The molecule has 2 aliphatic heterocycles.